The third-order valence-electron chi connectivity index (χ3n) is 16.9. The average molecular weight is 1170 g/mol. The van der Waals surface area contributed by atoms with Crippen LogP contribution in [0.25, 0.3) is 158 Å². The number of fused-ring (bicyclic) bond motifs is 12. The molecular formula is C74H42N10O2S2. The van der Waals surface area contributed by atoms with Crippen LogP contribution in [0.3, 0.4) is 0 Å². The number of aromatic nitrogens is 10. The molecule has 18 rings (SSSR count). The van der Waals surface area contributed by atoms with E-state index in [0.717, 1.165) is 169 Å². The molecule has 12 nitrogen and oxygen atoms in total. The molecule has 1 aliphatic carbocycles. The van der Waals surface area contributed by atoms with Gasteiger partial charge in [-0.25, -0.2) is 29.9 Å². The summed E-state index contributed by atoms with van der Waals surface area (Å²) >= 11 is 3.13. The van der Waals surface area contributed by atoms with E-state index in [0.29, 0.717) is 5.69 Å². The van der Waals surface area contributed by atoms with Crippen LogP contribution >= 0.6 is 22.7 Å². The summed E-state index contributed by atoms with van der Waals surface area (Å²) in [7, 11) is 0. The van der Waals surface area contributed by atoms with Crippen LogP contribution in [-0.4, -0.2) is 55.9 Å². The van der Waals surface area contributed by atoms with Gasteiger partial charge in [-0.15, -0.1) is 11.3 Å². The minimum atomic E-state index is -0.331. The highest BCUT2D eigenvalue weighted by Gasteiger charge is 2.40. The van der Waals surface area contributed by atoms with E-state index in [1.165, 1.54) is 11.3 Å². The van der Waals surface area contributed by atoms with Gasteiger partial charge in [-0.1, -0.05) is 96.3 Å². The Morgan fingerprint density at radius 3 is 1.67 bits per heavy atom. The van der Waals surface area contributed by atoms with Gasteiger partial charge in [0, 0.05) is 117 Å². The molecule has 0 N–H and O–H groups in total. The van der Waals surface area contributed by atoms with E-state index < -0.39 is 0 Å². The monoisotopic (exact) mass is 1170 g/mol. The Hall–Kier alpha value is -11.3. The number of para-hydroxylation sites is 3. The fourth-order valence-corrected chi connectivity index (χ4v) is 14.7. The summed E-state index contributed by atoms with van der Waals surface area (Å²) in [5.41, 5.74) is 22.4. The van der Waals surface area contributed by atoms with Crippen molar-refractivity contribution in [1.82, 2.24) is 49.8 Å². The first-order valence-electron chi connectivity index (χ1n) is 28.8. The number of pyridine rings is 6. The normalized spacial score (nSPS) is 14.5. The predicted molar refractivity (Wildman–Crippen MR) is 352 cm³/mol. The van der Waals surface area contributed by atoms with Crippen molar-refractivity contribution in [2.45, 2.75) is 12.0 Å². The van der Waals surface area contributed by atoms with Crippen LogP contribution in [0.5, 0.6) is 5.75 Å². The zero-order chi connectivity index (χ0) is 57.8. The van der Waals surface area contributed by atoms with Crippen LogP contribution in [0, 0.1) is 0 Å². The quantitative estimate of drug-likeness (QED) is 0.135. The molecule has 0 radical (unpaired) electrons. The third kappa shape index (κ3) is 8.10. The standard InChI is InChI=1S/C74H42N10O2S2/c1-2-8-48(47(7-1)42-21-29-76-30-22-42)60-17-18-63-66(82-60)67-74(87-63)81-40-62(84-67)56-16-6-14-54-52-12-4-10-50(69(52)86-71(54)56)49-9-3-11-51-53-13-5-15-55(70(53)85-68(49)51)61-39-80-73-65(83-61)59-37-46(38-79-72(59)88-73)64-57(43-23-31-77-32-24-43)35-45(41-19-27-75-28-20-41)36-58(64)44-25-33-78-34-26-44/h1-40,52,69H. The highest BCUT2D eigenvalue weighted by atomic mass is 32.1. The van der Waals surface area contributed by atoms with Gasteiger partial charge < -0.3 is 9.15 Å². The molecule has 0 spiro atoms. The number of hydrogen-bond donors (Lipinski definition) is 0. The fourth-order valence-electron chi connectivity index (χ4n) is 12.9. The molecule has 0 saturated carbocycles. The van der Waals surface area contributed by atoms with Crippen molar-refractivity contribution in [2.24, 2.45) is 0 Å². The van der Waals surface area contributed by atoms with Crippen LogP contribution in [0.4, 0.5) is 0 Å². The van der Waals surface area contributed by atoms with Crippen molar-refractivity contribution in [2.75, 3.05) is 0 Å². The van der Waals surface area contributed by atoms with Gasteiger partial charge in [-0.2, -0.15) is 0 Å². The summed E-state index contributed by atoms with van der Waals surface area (Å²) in [6.07, 6.45) is 26.5. The highest BCUT2D eigenvalue weighted by molar-refractivity contribution is 7.25. The molecule has 2 aliphatic rings. The Balaban J connectivity index is 0.705. The Bertz CT molecular complexity index is 5510. The van der Waals surface area contributed by atoms with Crippen LogP contribution in [0.15, 0.2) is 249 Å². The minimum absolute atomic E-state index is 0.0539. The maximum Gasteiger partial charge on any atom is 0.144 e. The fraction of sp³-hybridized carbons (Fsp3) is 0.0270. The van der Waals surface area contributed by atoms with E-state index in [9.17, 15) is 0 Å². The molecule has 16 aromatic rings. The summed E-state index contributed by atoms with van der Waals surface area (Å²) in [5, 5.41) is 2.89. The molecule has 0 bridgehead atoms. The second-order valence-corrected chi connectivity index (χ2v) is 23.8. The number of ether oxygens (including phenoxy) is 1. The van der Waals surface area contributed by atoms with Crippen molar-refractivity contribution < 1.29 is 9.15 Å². The minimum Gasteiger partial charge on any atom is -0.484 e. The van der Waals surface area contributed by atoms with Gasteiger partial charge >= 0.3 is 0 Å². The Labute approximate surface area is 509 Å². The van der Waals surface area contributed by atoms with Crippen molar-refractivity contribution in [3.05, 3.63) is 255 Å². The van der Waals surface area contributed by atoms with Gasteiger partial charge in [-0.3, -0.25) is 19.9 Å². The number of allylic oxidation sites excluding steroid dienone is 2. The molecule has 12 heterocycles. The molecule has 88 heavy (non-hydrogen) atoms. The van der Waals surface area contributed by atoms with Crippen LogP contribution in [0.1, 0.15) is 17.0 Å². The third-order valence-corrected chi connectivity index (χ3v) is 19.0. The second kappa shape index (κ2) is 20.2. The zero-order valence-electron chi connectivity index (χ0n) is 46.4. The molecule has 2 unspecified atom stereocenters. The maximum absolute atomic E-state index is 7.20. The lowest BCUT2D eigenvalue weighted by atomic mass is 9.83. The lowest BCUT2D eigenvalue weighted by Crippen LogP contribution is -2.21. The Morgan fingerprint density at radius 2 is 0.955 bits per heavy atom. The lowest BCUT2D eigenvalue weighted by molar-refractivity contribution is 0.279. The molecular weight excluding hydrogens is 1130 g/mol. The summed E-state index contributed by atoms with van der Waals surface area (Å²) < 4.78 is 15.4. The van der Waals surface area contributed by atoms with Gasteiger partial charge in [-0.05, 0) is 141 Å². The first-order valence-corrected chi connectivity index (χ1v) is 30.4. The van der Waals surface area contributed by atoms with E-state index in [1.807, 2.05) is 92.4 Å². The van der Waals surface area contributed by atoms with E-state index in [1.54, 1.807) is 11.3 Å². The van der Waals surface area contributed by atoms with E-state index in [2.05, 4.69) is 172 Å². The van der Waals surface area contributed by atoms with Crippen molar-refractivity contribution >= 4 is 91.3 Å². The van der Waals surface area contributed by atoms with Gasteiger partial charge in [0.15, 0.2) is 0 Å². The van der Waals surface area contributed by atoms with E-state index in [-0.39, 0.29) is 12.0 Å². The maximum atomic E-state index is 7.20. The van der Waals surface area contributed by atoms with Crippen molar-refractivity contribution in [3.63, 3.8) is 0 Å². The zero-order valence-corrected chi connectivity index (χ0v) is 48.0. The molecule has 1 aliphatic heterocycles. The van der Waals surface area contributed by atoms with Crippen LogP contribution in [0.2, 0.25) is 0 Å². The summed E-state index contributed by atoms with van der Waals surface area (Å²) in [6, 6.07) is 54.6. The van der Waals surface area contributed by atoms with E-state index in [4.69, 9.17) is 39.1 Å². The molecule has 5 aromatic carbocycles. The smallest absolute Gasteiger partial charge is 0.144 e. The number of thiophene rings is 2. The number of benzene rings is 5. The summed E-state index contributed by atoms with van der Waals surface area (Å²) in [4.78, 5) is 51.1. The SMILES string of the molecule is C1=CC2c3cccc(-c4cnc5sc6ccc(-c7ccccc7-c7ccncc7)nc6c5n4)c3OC2C(c2cccc3c2oc2c(-c4cnc5sc6ncc(-c7c(-c8ccncc8)cc(-c8ccncc8)cc7-c7ccncc7)cc6c5n4)cccc23)=C1. The number of hydrogen-bond acceptors (Lipinski definition) is 14. The van der Waals surface area contributed by atoms with Gasteiger partial charge in [0.1, 0.15) is 54.1 Å². The average Bonchev–Trinajstić information content (AvgIpc) is 1.76. The number of rotatable bonds is 9. The van der Waals surface area contributed by atoms with Gasteiger partial charge in [0.05, 0.1) is 34.2 Å². The number of furan rings is 1. The van der Waals surface area contributed by atoms with Crippen LogP contribution < -0.4 is 4.74 Å². The molecule has 412 valence electrons. The highest BCUT2D eigenvalue weighted by Crippen LogP contribution is 2.52. The van der Waals surface area contributed by atoms with E-state index >= 15 is 0 Å². The van der Waals surface area contributed by atoms with Crippen molar-refractivity contribution in [3.8, 4) is 95.2 Å². The van der Waals surface area contributed by atoms with Crippen LogP contribution in [-0.2, 0) is 0 Å². The lowest BCUT2D eigenvalue weighted by Gasteiger charge is -2.23. The predicted octanol–water partition coefficient (Wildman–Crippen LogP) is 18.1. The summed E-state index contributed by atoms with van der Waals surface area (Å²) in [5.74, 6) is 0.739. The molecule has 2 atom stereocenters. The first-order chi connectivity index (χ1) is 43.6. The topological polar surface area (TPSA) is 151 Å². The largest absolute Gasteiger partial charge is 0.484 e. The molecule has 0 fully saturated rings. The molecule has 0 saturated heterocycles. The Morgan fingerprint density at radius 1 is 0.386 bits per heavy atom. The van der Waals surface area contributed by atoms with Gasteiger partial charge in [0.25, 0.3) is 0 Å². The Kier molecular flexibility index (Phi) is 11.5. The second-order valence-electron chi connectivity index (χ2n) is 21.8. The first kappa shape index (κ1) is 50.0. The van der Waals surface area contributed by atoms with Crippen molar-refractivity contribution in [1.29, 1.82) is 0 Å². The molecule has 14 heteroatoms. The molecule has 0 amide bonds. The number of nitrogens with zero attached hydrogens (tertiary/aromatic N) is 10. The van der Waals surface area contributed by atoms with Gasteiger partial charge in [0.2, 0.25) is 0 Å². The summed E-state index contributed by atoms with van der Waals surface area (Å²) in [6.45, 7) is 0. The molecule has 11 aromatic heterocycles.